The van der Waals surface area contributed by atoms with E-state index >= 15 is 0 Å². The van der Waals surface area contributed by atoms with Crippen LogP contribution in [0.1, 0.15) is 16.7 Å². The van der Waals surface area contributed by atoms with Gasteiger partial charge in [0.2, 0.25) is 6.41 Å². The van der Waals surface area contributed by atoms with Crippen LogP contribution in [0.15, 0.2) is 59.6 Å². The molecular formula is C18H16N2O. The maximum atomic E-state index is 11.4. The highest BCUT2D eigenvalue weighted by Gasteiger charge is 2.20. The number of carbonyl (C=O) groups excluding carboxylic acids is 1. The van der Waals surface area contributed by atoms with Crippen molar-refractivity contribution in [3.05, 3.63) is 71.3 Å². The first kappa shape index (κ1) is 13.3. The average molecular weight is 276 g/mol. The van der Waals surface area contributed by atoms with Crippen molar-refractivity contribution >= 4 is 24.0 Å². The molecule has 0 aromatic heterocycles. The van der Waals surface area contributed by atoms with Crippen molar-refractivity contribution in [1.29, 1.82) is 0 Å². The van der Waals surface area contributed by atoms with Gasteiger partial charge in [-0.15, -0.1) is 0 Å². The Morgan fingerprint density at radius 3 is 2.38 bits per heavy atom. The molecule has 0 radical (unpaired) electrons. The maximum absolute atomic E-state index is 11.4. The number of aliphatic imine (C=N–C) groups is 1. The molecule has 0 atom stereocenters. The van der Waals surface area contributed by atoms with Crippen LogP contribution >= 0.6 is 0 Å². The van der Waals surface area contributed by atoms with Gasteiger partial charge in [-0.3, -0.25) is 9.79 Å². The second-order valence-corrected chi connectivity index (χ2v) is 5.00. The van der Waals surface area contributed by atoms with E-state index in [0.717, 1.165) is 28.9 Å². The first-order valence-electron chi connectivity index (χ1n) is 6.91. The molecule has 3 heteroatoms. The van der Waals surface area contributed by atoms with Gasteiger partial charge in [0.25, 0.3) is 0 Å². The van der Waals surface area contributed by atoms with E-state index in [1.54, 1.807) is 11.1 Å². The second kappa shape index (κ2) is 5.75. The molecular weight excluding hydrogens is 260 g/mol. The highest BCUT2D eigenvalue weighted by Crippen LogP contribution is 2.31. The van der Waals surface area contributed by atoms with Gasteiger partial charge in [-0.05, 0) is 6.92 Å². The van der Waals surface area contributed by atoms with Crippen LogP contribution in [0.3, 0.4) is 0 Å². The molecule has 1 aliphatic heterocycles. The van der Waals surface area contributed by atoms with Gasteiger partial charge in [0.15, 0.2) is 0 Å². The summed E-state index contributed by atoms with van der Waals surface area (Å²) in [6, 6.07) is 18.1. The molecule has 0 bridgehead atoms. The normalized spacial score (nSPS) is 14.4. The molecule has 0 saturated carbocycles. The third kappa shape index (κ3) is 2.63. The molecule has 0 N–H and O–H groups in total. The fourth-order valence-electron chi connectivity index (χ4n) is 2.43. The summed E-state index contributed by atoms with van der Waals surface area (Å²) < 4.78 is 0. The van der Waals surface area contributed by atoms with E-state index in [-0.39, 0.29) is 0 Å². The van der Waals surface area contributed by atoms with Crippen LogP contribution in [0.4, 0.5) is 0 Å². The van der Waals surface area contributed by atoms with Crippen molar-refractivity contribution in [2.24, 2.45) is 4.99 Å². The molecule has 0 aliphatic carbocycles. The van der Waals surface area contributed by atoms with E-state index in [0.29, 0.717) is 6.54 Å². The van der Waals surface area contributed by atoms with Crippen LogP contribution in [0.5, 0.6) is 0 Å². The smallest absolute Gasteiger partial charge is 0.214 e. The molecule has 2 aromatic carbocycles. The summed E-state index contributed by atoms with van der Waals surface area (Å²) in [6.07, 6.45) is 2.64. The van der Waals surface area contributed by atoms with Crippen LogP contribution in [0, 0.1) is 6.92 Å². The standard InChI is InChI=1S/C18H16N2O/c1-14-7-9-15(10-8-14)17-18(16-5-3-2-4-6-16)20(13-21)12-11-19-17/h2-11,13H,12H2,1H3. The van der Waals surface area contributed by atoms with E-state index in [4.69, 9.17) is 0 Å². The van der Waals surface area contributed by atoms with Crippen molar-refractivity contribution in [3.63, 3.8) is 0 Å². The lowest BCUT2D eigenvalue weighted by Crippen LogP contribution is -2.26. The lowest BCUT2D eigenvalue weighted by atomic mass is 10.0. The minimum atomic E-state index is 0.503. The summed E-state index contributed by atoms with van der Waals surface area (Å²) in [6.45, 7) is 2.56. The summed E-state index contributed by atoms with van der Waals surface area (Å²) in [5.74, 6) is 0. The molecule has 3 rings (SSSR count). The molecule has 0 spiro atoms. The molecule has 3 nitrogen and oxygen atoms in total. The Labute approximate surface area is 124 Å². The Kier molecular flexibility index (Phi) is 3.65. The van der Waals surface area contributed by atoms with Crippen LogP contribution in [-0.4, -0.2) is 24.1 Å². The van der Waals surface area contributed by atoms with Crippen LogP contribution in [0.25, 0.3) is 11.4 Å². The Bertz CT molecular complexity index is 700. The summed E-state index contributed by atoms with van der Waals surface area (Å²) >= 11 is 0. The number of hydrogen-bond donors (Lipinski definition) is 0. The van der Waals surface area contributed by atoms with Crippen molar-refractivity contribution in [2.75, 3.05) is 6.54 Å². The van der Waals surface area contributed by atoms with Gasteiger partial charge in [0.05, 0.1) is 17.9 Å². The lowest BCUT2D eigenvalue weighted by Gasteiger charge is -2.25. The Balaban J connectivity index is 2.19. The molecule has 104 valence electrons. The highest BCUT2D eigenvalue weighted by molar-refractivity contribution is 5.98. The van der Waals surface area contributed by atoms with Gasteiger partial charge in [-0.1, -0.05) is 60.2 Å². The highest BCUT2D eigenvalue weighted by atomic mass is 16.1. The maximum Gasteiger partial charge on any atom is 0.214 e. The number of rotatable bonds is 3. The van der Waals surface area contributed by atoms with Crippen LogP contribution in [-0.2, 0) is 4.79 Å². The van der Waals surface area contributed by atoms with E-state index in [9.17, 15) is 4.79 Å². The van der Waals surface area contributed by atoms with E-state index in [1.807, 2.05) is 42.5 Å². The number of amides is 1. The molecule has 2 aromatic rings. The predicted octanol–water partition coefficient (Wildman–Crippen LogP) is 3.36. The number of hydrogen-bond acceptors (Lipinski definition) is 2. The van der Waals surface area contributed by atoms with Gasteiger partial charge in [0.1, 0.15) is 0 Å². The zero-order chi connectivity index (χ0) is 14.7. The lowest BCUT2D eigenvalue weighted by molar-refractivity contribution is -0.114. The van der Waals surface area contributed by atoms with Crippen LogP contribution in [0.2, 0.25) is 0 Å². The van der Waals surface area contributed by atoms with Crippen molar-refractivity contribution in [1.82, 2.24) is 4.90 Å². The Morgan fingerprint density at radius 2 is 1.71 bits per heavy atom. The Hall–Kier alpha value is -2.68. The second-order valence-electron chi connectivity index (χ2n) is 5.00. The van der Waals surface area contributed by atoms with Gasteiger partial charge in [0, 0.05) is 17.3 Å². The van der Waals surface area contributed by atoms with E-state index in [2.05, 4.69) is 24.0 Å². The number of carbonyl (C=O) groups is 1. The summed E-state index contributed by atoms with van der Waals surface area (Å²) in [4.78, 5) is 17.6. The largest absolute Gasteiger partial charge is 0.307 e. The molecule has 0 fully saturated rings. The van der Waals surface area contributed by atoms with Gasteiger partial charge in [-0.2, -0.15) is 0 Å². The third-order valence-corrected chi connectivity index (χ3v) is 3.51. The first-order chi connectivity index (χ1) is 10.3. The number of nitrogens with zero attached hydrogens (tertiary/aromatic N) is 2. The van der Waals surface area contributed by atoms with Crippen molar-refractivity contribution in [3.8, 4) is 0 Å². The third-order valence-electron chi connectivity index (χ3n) is 3.51. The molecule has 0 saturated heterocycles. The predicted molar refractivity (Wildman–Crippen MR) is 85.7 cm³/mol. The van der Waals surface area contributed by atoms with E-state index in [1.165, 1.54) is 5.56 Å². The van der Waals surface area contributed by atoms with Gasteiger partial charge < -0.3 is 4.90 Å². The van der Waals surface area contributed by atoms with E-state index < -0.39 is 0 Å². The minimum absolute atomic E-state index is 0.503. The molecule has 0 unspecified atom stereocenters. The topological polar surface area (TPSA) is 32.7 Å². The monoisotopic (exact) mass is 276 g/mol. The van der Waals surface area contributed by atoms with Crippen molar-refractivity contribution < 1.29 is 4.79 Å². The summed E-state index contributed by atoms with van der Waals surface area (Å²) in [7, 11) is 0. The first-order valence-corrected chi connectivity index (χ1v) is 6.91. The fourth-order valence-corrected chi connectivity index (χ4v) is 2.43. The molecule has 1 amide bonds. The summed E-state index contributed by atoms with van der Waals surface area (Å²) in [5.41, 5.74) is 4.91. The average Bonchev–Trinajstić information content (AvgIpc) is 2.55. The zero-order valence-electron chi connectivity index (χ0n) is 11.9. The quantitative estimate of drug-likeness (QED) is 0.791. The molecule has 1 heterocycles. The number of aryl methyl sites for hydroxylation is 1. The number of benzene rings is 2. The minimum Gasteiger partial charge on any atom is -0.307 e. The fraction of sp³-hybridized carbons (Fsp3) is 0.111. The van der Waals surface area contributed by atoms with Gasteiger partial charge in [-0.25, -0.2) is 0 Å². The molecule has 21 heavy (non-hydrogen) atoms. The SMILES string of the molecule is Cc1ccc(C2=C(c3ccccc3)N(C=O)CC=N2)cc1. The summed E-state index contributed by atoms with van der Waals surface area (Å²) in [5, 5.41) is 0. The van der Waals surface area contributed by atoms with Crippen LogP contribution < -0.4 is 0 Å². The van der Waals surface area contributed by atoms with Crippen molar-refractivity contribution in [2.45, 2.75) is 6.92 Å². The van der Waals surface area contributed by atoms with Gasteiger partial charge >= 0.3 is 0 Å². The zero-order valence-corrected chi connectivity index (χ0v) is 11.9. The Morgan fingerprint density at radius 1 is 1.00 bits per heavy atom. The molecule has 1 aliphatic rings.